The van der Waals surface area contributed by atoms with Gasteiger partial charge in [0.05, 0.1) is 0 Å². The van der Waals surface area contributed by atoms with Gasteiger partial charge in [-0.3, -0.25) is 0 Å². The predicted octanol–water partition coefficient (Wildman–Crippen LogP) is 4.72. The summed E-state index contributed by atoms with van der Waals surface area (Å²) in [7, 11) is 0. The molecule has 0 aliphatic carbocycles. The van der Waals surface area contributed by atoms with E-state index in [9.17, 15) is 0 Å². The van der Waals surface area contributed by atoms with Crippen LogP contribution in [0.4, 0.5) is 0 Å². The first-order valence-electron chi connectivity index (χ1n) is 9.25. The molecule has 0 heterocycles. The Bertz CT molecular complexity index is 829. The number of rotatable bonds is 10. The smallest absolute Gasteiger partial charge is 0.117 e. The molecule has 0 unspecified atom stereocenters. The minimum atomic E-state index is -1.10. The summed E-state index contributed by atoms with van der Waals surface area (Å²) in [5, 5.41) is 0. The van der Waals surface area contributed by atoms with Gasteiger partial charge in [-0.15, -0.1) is 26.3 Å². The standard InChI is InChI=1S/C25H30N2/c1-5-12-19-18-24(25(26,27)20-16-10-9-11-17-20)23(15-8-4)22(14-7-3)21(19)13-6-2/h5-11,16-18H,1-4,12-15,26-27H2. The molecule has 2 heteroatoms. The molecule has 2 aromatic carbocycles. The quantitative estimate of drug-likeness (QED) is 0.477. The van der Waals surface area contributed by atoms with Gasteiger partial charge < -0.3 is 11.5 Å². The van der Waals surface area contributed by atoms with E-state index in [2.05, 4.69) is 32.4 Å². The van der Waals surface area contributed by atoms with Gasteiger partial charge in [-0.25, -0.2) is 0 Å². The Labute approximate surface area is 163 Å². The van der Waals surface area contributed by atoms with Crippen molar-refractivity contribution in [2.24, 2.45) is 11.5 Å². The van der Waals surface area contributed by atoms with Crippen molar-refractivity contribution < 1.29 is 0 Å². The highest BCUT2D eigenvalue weighted by molar-refractivity contribution is 5.54. The molecule has 0 aliphatic rings. The number of allylic oxidation sites excluding steroid dienone is 4. The molecule has 4 N–H and O–H groups in total. The van der Waals surface area contributed by atoms with E-state index < -0.39 is 5.66 Å². The average molecular weight is 359 g/mol. The van der Waals surface area contributed by atoms with E-state index in [1.807, 2.05) is 54.6 Å². The largest absolute Gasteiger partial charge is 0.306 e. The van der Waals surface area contributed by atoms with Gasteiger partial charge in [-0.05, 0) is 59.1 Å². The highest BCUT2D eigenvalue weighted by Crippen LogP contribution is 2.33. The molecule has 0 spiro atoms. The SMILES string of the molecule is C=CCc1cc(C(N)(N)c2ccccc2)c(CC=C)c(CC=C)c1CC=C. The Morgan fingerprint density at radius 3 is 1.78 bits per heavy atom. The second kappa shape index (κ2) is 9.31. The second-order valence-electron chi connectivity index (χ2n) is 6.73. The van der Waals surface area contributed by atoms with Crippen LogP contribution in [0.3, 0.4) is 0 Å². The van der Waals surface area contributed by atoms with Crippen LogP contribution >= 0.6 is 0 Å². The van der Waals surface area contributed by atoms with E-state index >= 15 is 0 Å². The van der Waals surface area contributed by atoms with Crippen LogP contribution in [0.5, 0.6) is 0 Å². The van der Waals surface area contributed by atoms with Gasteiger partial charge in [0.25, 0.3) is 0 Å². The molecule has 2 rings (SSSR count). The molecule has 2 nitrogen and oxygen atoms in total. The third kappa shape index (κ3) is 4.36. The van der Waals surface area contributed by atoms with Crippen LogP contribution in [0.15, 0.2) is 87.0 Å². The summed E-state index contributed by atoms with van der Waals surface area (Å²) in [5.74, 6) is 0. The maximum absolute atomic E-state index is 6.72. The summed E-state index contributed by atoms with van der Waals surface area (Å²) < 4.78 is 0. The van der Waals surface area contributed by atoms with E-state index in [1.165, 1.54) is 16.7 Å². The zero-order chi connectivity index (χ0) is 19.9. The van der Waals surface area contributed by atoms with E-state index in [4.69, 9.17) is 11.5 Å². The van der Waals surface area contributed by atoms with Gasteiger partial charge in [-0.2, -0.15) is 0 Å². The molecule has 27 heavy (non-hydrogen) atoms. The van der Waals surface area contributed by atoms with Crippen molar-refractivity contribution in [1.29, 1.82) is 0 Å². The minimum absolute atomic E-state index is 0.694. The van der Waals surface area contributed by atoms with Crippen LogP contribution in [0, 0.1) is 0 Å². The van der Waals surface area contributed by atoms with Gasteiger partial charge in [0.2, 0.25) is 0 Å². The molecular weight excluding hydrogens is 328 g/mol. The lowest BCUT2D eigenvalue weighted by Gasteiger charge is -2.31. The molecule has 0 fully saturated rings. The van der Waals surface area contributed by atoms with Gasteiger partial charge in [0.15, 0.2) is 0 Å². The number of hydrogen-bond acceptors (Lipinski definition) is 2. The van der Waals surface area contributed by atoms with Crippen molar-refractivity contribution in [2.45, 2.75) is 31.3 Å². The van der Waals surface area contributed by atoms with Crippen molar-refractivity contribution in [1.82, 2.24) is 0 Å². The Balaban J connectivity index is 2.85. The molecule has 0 atom stereocenters. The molecule has 2 aromatic rings. The Morgan fingerprint density at radius 1 is 0.704 bits per heavy atom. The third-order valence-corrected chi connectivity index (χ3v) is 4.87. The molecular formula is C25H30N2. The van der Waals surface area contributed by atoms with E-state index in [-0.39, 0.29) is 0 Å². The van der Waals surface area contributed by atoms with Gasteiger partial charge >= 0.3 is 0 Å². The second-order valence-corrected chi connectivity index (χ2v) is 6.73. The Hall–Kier alpha value is -2.68. The van der Waals surface area contributed by atoms with Gasteiger partial charge in [-0.1, -0.05) is 60.7 Å². The number of benzene rings is 2. The van der Waals surface area contributed by atoms with Crippen LogP contribution < -0.4 is 11.5 Å². The zero-order valence-electron chi connectivity index (χ0n) is 16.1. The van der Waals surface area contributed by atoms with Crippen molar-refractivity contribution in [3.05, 3.63) is 120 Å². The third-order valence-electron chi connectivity index (χ3n) is 4.87. The highest BCUT2D eigenvalue weighted by Gasteiger charge is 2.29. The van der Waals surface area contributed by atoms with Crippen molar-refractivity contribution in [3.63, 3.8) is 0 Å². The van der Waals surface area contributed by atoms with Crippen molar-refractivity contribution in [3.8, 4) is 0 Å². The fraction of sp³-hybridized carbons (Fsp3) is 0.200. The fourth-order valence-corrected chi connectivity index (χ4v) is 3.63. The lowest BCUT2D eigenvalue weighted by molar-refractivity contribution is 0.560. The summed E-state index contributed by atoms with van der Waals surface area (Å²) >= 11 is 0. The first-order valence-corrected chi connectivity index (χ1v) is 9.25. The first-order chi connectivity index (χ1) is 13.0. The van der Waals surface area contributed by atoms with Crippen molar-refractivity contribution in [2.75, 3.05) is 0 Å². The normalized spacial score (nSPS) is 11.0. The lowest BCUT2D eigenvalue weighted by Crippen LogP contribution is -2.48. The monoisotopic (exact) mass is 358 g/mol. The minimum Gasteiger partial charge on any atom is -0.306 e. The summed E-state index contributed by atoms with van der Waals surface area (Å²) in [5.41, 5.74) is 18.9. The first kappa shape index (κ1) is 20.6. The Morgan fingerprint density at radius 2 is 1.22 bits per heavy atom. The topological polar surface area (TPSA) is 52.0 Å². The van der Waals surface area contributed by atoms with E-state index in [0.29, 0.717) is 6.42 Å². The van der Waals surface area contributed by atoms with Gasteiger partial charge in [0, 0.05) is 0 Å². The van der Waals surface area contributed by atoms with E-state index in [0.717, 1.165) is 36.0 Å². The highest BCUT2D eigenvalue weighted by atomic mass is 15.0. The predicted molar refractivity (Wildman–Crippen MR) is 118 cm³/mol. The summed E-state index contributed by atoms with van der Waals surface area (Å²) in [6.07, 6.45) is 10.6. The number of hydrogen-bond donors (Lipinski definition) is 2. The molecule has 0 radical (unpaired) electrons. The van der Waals surface area contributed by atoms with Gasteiger partial charge in [0.1, 0.15) is 5.66 Å². The molecule has 0 amide bonds. The molecule has 0 aliphatic heterocycles. The molecule has 140 valence electrons. The lowest BCUT2D eigenvalue weighted by atomic mass is 9.80. The summed E-state index contributed by atoms with van der Waals surface area (Å²) in [6.45, 7) is 15.7. The van der Waals surface area contributed by atoms with Crippen molar-refractivity contribution >= 4 is 0 Å². The van der Waals surface area contributed by atoms with Crippen LogP contribution in [0.2, 0.25) is 0 Å². The van der Waals surface area contributed by atoms with Crippen LogP contribution in [-0.4, -0.2) is 0 Å². The van der Waals surface area contributed by atoms with E-state index in [1.54, 1.807) is 0 Å². The maximum Gasteiger partial charge on any atom is 0.117 e. The van der Waals surface area contributed by atoms with Crippen LogP contribution in [-0.2, 0) is 31.3 Å². The molecule has 0 saturated carbocycles. The average Bonchev–Trinajstić information content (AvgIpc) is 2.67. The van der Waals surface area contributed by atoms with Crippen LogP contribution in [0.25, 0.3) is 0 Å². The Kier molecular flexibility index (Phi) is 7.12. The maximum atomic E-state index is 6.72. The number of nitrogens with two attached hydrogens (primary N) is 2. The molecule has 0 aromatic heterocycles. The summed E-state index contributed by atoms with van der Waals surface area (Å²) in [4.78, 5) is 0. The fourth-order valence-electron chi connectivity index (χ4n) is 3.63. The zero-order valence-corrected chi connectivity index (χ0v) is 16.1. The molecule has 0 saturated heterocycles. The molecule has 0 bridgehead atoms. The summed E-state index contributed by atoms with van der Waals surface area (Å²) in [6, 6.07) is 11.9. The van der Waals surface area contributed by atoms with Crippen LogP contribution in [0.1, 0.15) is 33.4 Å².